The lowest BCUT2D eigenvalue weighted by atomic mass is 10.2. The maximum absolute atomic E-state index is 11.9. The molecule has 2 aromatic carbocycles. The molecule has 2 N–H and O–H groups in total. The second-order valence-corrected chi connectivity index (χ2v) is 6.78. The van der Waals surface area contributed by atoms with Crippen LogP contribution in [0.1, 0.15) is 31.2 Å². The first kappa shape index (κ1) is 17.6. The normalized spacial score (nSPS) is 14.3. The van der Waals surface area contributed by atoms with E-state index in [0.717, 1.165) is 34.9 Å². The van der Waals surface area contributed by atoms with Gasteiger partial charge in [-0.1, -0.05) is 36.6 Å². The zero-order chi connectivity index (χ0) is 17.5. The lowest BCUT2D eigenvalue weighted by Gasteiger charge is -2.13. The lowest BCUT2D eigenvalue weighted by molar-refractivity contribution is -0.120. The summed E-state index contributed by atoms with van der Waals surface area (Å²) >= 11 is 5.87. The van der Waals surface area contributed by atoms with Gasteiger partial charge >= 0.3 is 0 Å². The highest BCUT2D eigenvalue weighted by molar-refractivity contribution is 6.30. The van der Waals surface area contributed by atoms with Crippen molar-refractivity contribution in [1.82, 2.24) is 5.32 Å². The van der Waals surface area contributed by atoms with Gasteiger partial charge in [-0.05, 0) is 54.8 Å². The first-order valence-electron chi connectivity index (χ1n) is 8.69. The summed E-state index contributed by atoms with van der Waals surface area (Å²) in [5.41, 5.74) is 1.97. The Hall–Kier alpha value is -2.20. The maximum Gasteiger partial charge on any atom is 0.239 e. The van der Waals surface area contributed by atoms with E-state index >= 15 is 0 Å². The van der Waals surface area contributed by atoms with Crippen LogP contribution < -0.4 is 15.4 Å². The number of anilines is 1. The van der Waals surface area contributed by atoms with E-state index in [1.807, 2.05) is 48.5 Å². The van der Waals surface area contributed by atoms with E-state index in [1.165, 1.54) is 12.8 Å². The Morgan fingerprint density at radius 2 is 1.72 bits per heavy atom. The molecule has 0 aromatic heterocycles. The third kappa shape index (κ3) is 5.68. The summed E-state index contributed by atoms with van der Waals surface area (Å²) in [6.45, 7) is 0.787. The number of ether oxygens (including phenoxy) is 1. The molecule has 25 heavy (non-hydrogen) atoms. The van der Waals surface area contributed by atoms with Gasteiger partial charge in [0.15, 0.2) is 0 Å². The van der Waals surface area contributed by atoms with Gasteiger partial charge in [0.1, 0.15) is 12.4 Å². The van der Waals surface area contributed by atoms with Crippen molar-refractivity contribution in [2.75, 3.05) is 11.9 Å². The van der Waals surface area contributed by atoms with Gasteiger partial charge < -0.3 is 15.4 Å². The molecule has 1 fully saturated rings. The molecule has 3 rings (SSSR count). The van der Waals surface area contributed by atoms with E-state index in [1.54, 1.807) is 0 Å². The number of hydrogen-bond acceptors (Lipinski definition) is 3. The Labute approximate surface area is 153 Å². The molecular weight excluding hydrogens is 336 g/mol. The molecule has 4 nitrogen and oxygen atoms in total. The van der Waals surface area contributed by atoms with Crippen LogP contribution in [0.4, 0.5) is 5.69 Å². The van der Waals surface area contributed by atoms with Crippen LogP contribution in [0.25, 0.3) is 0 Å². The first-order valence-corrected chi connectivity index (χ1v) is 9.07. The topological polar surface area (TPSA) is 50.4 Å². The van der Waals surface area contributed by atoms with Crippen LogP contribution in [-0.2, 0) is 11.4 Å². The Balaban J connectivity index is 1.42. The fraction of sp³-hybridized carbons (Fsp3) is 0.350. The smallest absolute Gasteiger partial charge is 0.239 e. The van der Waals surface area contributed by atoms with E-state index in [2.05, 4.69) is 10.6 Å². The summed E-state index contributed by atoms with van der Waals surface area (Å²) < 4.78 is 5.75. The number of rotatable bonds is 7. The van der Waals surface area contributed by atoms with Crippen LogP contribution in [0.15, 0.2) is 48.5 Å². The number of hydrogen-bond donors (Lipinski definition) is 2. The Kier molecular flexibility index (Phi) is 6.18. The third-order valence-corrected chi connectivity index (χ3v) is 4.60. The highest BCUT2D eigenvalue weighted by atomic mass is 35.5. The minimum absolute atomic E-state index is 0.0509. The molecular formula is C20H23ClN2O2. The minimum atomic E-state index is 0.0509. The summed E-state index contributed by atoms with van der Waals surface area (Å²) in [6, 6.07) is 15.6. The van der Waals surface area contributed by atoms with Crippen LogP contribution in [0.2, 0.25) is 5.02 Å². The Morgan fingerprint density at radius 1 is 1.04 bits per heavy atom. The van der Waals surface area contributed by atoms with Gasteiger partial charge in [-0.25, -0.2) is 0 Å². The summed E-state index contributed by atoms with van der Waals surface area (Å²) in [4.78, 5) is 11.9. The monoisotopic (exact) mass is 358 g/mol. The van der Waals surface area contributed by atoms with Gasteiger partial charge in [0.25, 0.3) is 0 Å². The van der Waals surface area contributed by atoms with Gasteiger partial charge in [-0.2, -0.15) is 0 Å². The van der Waals surface area contributed by atoms with Gasteiger partial charge in [0, 0.05) is 16.8 Å². The Bertz CT molecular complexity index is 680. The van der Waals surface area contributed by atoms with Crippen LogP contribution >= 0.6 is 11.6 Å². The third-order valence-electron chi connectivity index (χ3n) is 4.35. The van der Waals surface area contributed by atoms with Gasteiger partial charge in [0.2, 0.25) is 5.91 Å². The van der Waals surface area contributed by atoms with Crippen molar-refractivity contribution in [3.05, 3.63) is 59.1 Å². The number of nitrogens with one attached hydrogen (secondary N) is 2. The highest BCUT2D eigenvalue weighted by Gasteiger charge is 2.16. The van der Waals surface area contributed by atoms with E-state index in [4.69, 9.17) is 16.3 Å². The predicted octanol–water partition coefficient (Wildman–Crippen LogP) is 4.39. The predicted molar refractivity (Wildman–Crippen MR) is 101 cm³/mol. The van der Waals surface area contributed by atoms with Crippen LogP contribution in [0.5, 0.6) is 5.75 Å². The van der Waals surface area contributed by atoms with Gasteiger partial charge in [-0.3, -0.25) is 4.79 Å². The highest BCUT2D eigenvalue weighted by Crippen LogP contribution is 2.19. The second-order valence-electron chi connectivity index (χ2n) is 6.34. The fourth-order valence-corrected chi connectivity index (χ4v) is 3.07. The van der Waals surface area contributed by atoms with E-state index in [9.17, 15) is 4.79 Å². The Morgan fingerprint density at radius 3 is 2.40 bits per heavy atom. The average molecular weight is 359 g/mol. The minimum Gasteiger partial charge on any atom is -0.489 e. The molecule has 1 amide bonds. The lowest BCUT2D eigenvalue weighted by Crippen LogP contribution is -2.36. The van der Waals surface area contributed by atoms with Gasteiger partial charge in [0.05, 0.1) is 6.54 Å². The van der Waals surface area contributed by atoms with Crippen molar-refractivity contribution in [1.29, 1.82) is 0 Å². The number of halogens is 1. The zero-order valence-corrected chi connectivity index (χ0v) is 14.9. The molecule has 1 aliphatic rings. The summed E-state index contributed by atoms with van der Waals surface area (Å²) in [6.07, 6.45) is 4.64. The standard InChI is InChI=1S/C20H23ClN2O2/c21-16-7-5-15(6-8-16)14-25-19-11-9-17(10-12-19)22-13-20(24)23-18-3-1-2-4-18/h5-12,18,22H,1-4,13-14H2,(H,23,24). The molecule has 1 saturated carbocycles. The van der Waals surface area contributed by atoms with Crippen LogP contribution in [-0.4, -0.2) is 18.5 Å². The molecule has 0 saturated heterocycles. The fourth-order valence-electron chi connectivity index (χ4n) is 2.95. The maximum atomic E-state index is 11.9. The number of carbonyl (C=O) groups is 1. The quantitative estimate of drug-likeness (QED) is 0.771. The number of benzene rings is 2. The number of amides is 1. The van der Waals surface area contributed by atoms with Crippen molar-refractivity contribution >= 4 is 23.2 Å². The first-order chi connectivity index (χ1) is 12.2. The summed E-state index contributed by atoms with van der Waals surface area (Å²) in [5.74, 6) is 0.839. The molecule has 1 aliphatic carbocycles. The summed E-state index contributed by atoms with van der Waals surface area (Å²) in [5, 5.41) is 6.93. The molecule has 0 aliphatic heterocycles. The SMILES string of the molecule is O=C(CNc1ccc(OCc2ccc(Cl)cc2)cc1)NC1CCCC1. The molecule has 132 valence electrons. The molecule has 0 radical (unpaired) electrons. The largest absolute Gasteiger partial charge is 0.489 e. The van der Waals surface area contributed by atoms with Crippen molar-refractivity contribution in [3.63, 3.8) is 0 Å². The molecule has 5 heteroatoms. The molecule has 0 heterocycles. The van der Waals surface area contributed by atoms with Crippen molar-refractivity contribution in [3.8, 4) is 5.75 Å². The average Bonchev–Trinajstić information content (AvgIpc) is 3.13. The van der Waals surface area contributed by atoms with E-state index in [0.29, 0.717) is 19.2 Å². The second kappa shape index (κ2) is 8.77. The van der Waals surface area contributed by atoms with Crippen molar-refractivity contribution in [2.24, 2.45) is 0 Å². The molecule has 2 aromatic rings. The van der Waals surface area contributed by atoms with E-state index in [-0.39, 0.29) is 5.91 Å². The van der Waals surface area contributed by atoms with Crippen LogP contribution in [0, 0.1) is 0 Å². The van der Waals surface area contributed by atoms with E-state index < -0.39 is 0 Å². The van der Waals surface area contributed by atoms with Crippen molar-refractivity contribution < 1.29 is 9.53 Å². The zero-order valence-electron chi connectivity index (χ0n) is 14.1. The van der Waals surface area contributed by atoms with Crippen molar-refractivity contribution in [2.45, 2.75) is 38.3 Å². The number of carbonyl (C=O) groups excluding carboxylic acids is 1. The molecule has 0 spiro atoms. The van der Waals surface area contributed by atoms with Crippen LogP contribution in [0.3, 0.4) is 0 Å². The van der Waals surface area contributed by atoms with Gasteiger partial charge in [-0.15, -0.1) is 0 Å². The summed E-state index contributed by atoms with van der Waals surface area (Å²) in [7, 11) is 0. The molecule has 0 atom stereocenters. The molecule has 0 bridgehead atoms. The molecule has 0 unspecified atom stereocenters.